The molecule has 3 rings (SSSR count). The lowest BCUT2D eigenvalue weighted by atomic mass is 10.0. The van der Waals surface area contributed by atoms with Gasteiger partial charge in [0.05, 0.1) is 11.7 Å². The van der Waals surface area contributed by atoms with Gasteiger partial charge in [0.25, 0.3) is 0 Å². The van der Waals surface area contributed by atoms with Crippen molar-refractivity contribution < 1.29 is 8.42 Å². The van der Waals surface area contributed by atoms with E-state index in [1.807, 2.05) is 11.6 Å². The van der Waals surface area contributed by atoms with Gasteiger partial charge in [-0.3, -0.25) is 4.68 Å². The van der Waals surface area contributed by atoms with E-state index in [-0.39, 0.29) is 0 Å². The molecule has 0 amide bonds. The third-order valence-electron chi connectivity index (χ3n) is 4.81. The van der Waals surface area contributed by atoms with Crippen molar-refractivity contribution in [1.29, 1.82) is 0 Å². The molecule has 1 atom stereocenters. The van der Waals surface area contributed by atoms with E-state index in [0.717, 1.165) is 25.7 Å². The summed E-state index contributed by atoms with van der Waals surface area (Å²) >= 11 is 0. The molecular formula is C15H25N3O2S. The minimum Gasteiger partial charge on any atom is -0.268 e. The number of piperidine rings is 1. The molecular weight excluding hydrogens is 286 g/mol. The van der Waals surface area contributed by atoms with Gasteiger partial charge in [0.1, 0.15) is 4.90 Å². The van der Waals surface area contributed by atoms with Crippen molar-refractivity contribution in [3.05, 3.63) is 11.9 Å². The molecule has 1 aromatic heterocycles. The highest BCUT2D eigenvalue weighted by atomic mass is 32.2. The average molecular weight is 311 g/mol. The van der Waals surface area contributed by atoms with Crippen LogP contribution in [0.1, 0.15) is 57.2 Å². The van der Waals surface area contributed by atoms with Crippen LogP contribution in [0.4, 0.5) is 0 Å². The maximum absolute atomic E-state index is 12.9. The maximum atomic E-state index is 12.9. The van der Waals surface area contributed by atoms with Gasteiger partial charge in [0.2, 0.25) is 10.0 Å². The van der Waals surface area contributed by atoms with E-state index < -0.39 is 10.0 Å². The number of rotatable bonds is 3. The Balaban J connectivity index is 1.88. The van der Waals surface area contributed by atoms with Crippen molar-refractivity contribution in [2.45, 2.75) is 63.3 Å². The monoisotopic (exact) mass is 311 g/mol. The largest absolute Gasteiger partial charge is 0.268 e. The molecule has 1 saturated carbocycles. The van der Waals surface area contributed by atoms with Crippen molar-refractivity contribution in [3.8, 4) is 0 Å². The van der Waals surface area contributed by atoms with E-state index >= 15 is 0 Å². The Hall–Kier alpha value is -0.880. The smallest absolute Gasteiger partial charge is 0.246 e. The molecule has 2 fully saturated rings. The summed E-state index contributed by atoms with van der Waals surface area (Å²) in [6.45, 7) is 5.21. The summed E-state index contributed by atoms with van der Waals surface area (Å²) < 4.78 is 29.2. The van der Waals surface area contributed by atoms with E-state index in [2.05, 4.69) is 12.0 Å². The second-order valence-electron chi connectivity index (χ2n) is 6.61. The second kappa shape index (κ2) is 5.72. The zero-order valence-electron chi connectivity index (χ0n) is 13.0. The fourth-order valence-electron chi connectivity index (χ4n) is 3.58. The summed E-state index contributed by atoms with van der Waals surface area (Å²) in [6, 6.07) is 0.382. The molecule has 2 heterocycles. The SMILES string of the molecule is Cc1nn(C2CCCC2)cc1S(=O)(=O)N1CCCC(C)C1. The van der Waals surface area contributed by atoms with Crippen LogP contribution in [0.25, 0.3) is 0 Å². The summed E-state index contributed by atoms with van der Waals surface area (Å²) in [7, 11) is -3.38. The van der Waals surface area contributed by atoms with Crippen LogP contribution < -0.4 is 0 Å². The van der Waals surface area contributed by atoms with E-state index in [4.69, 9.17) is 0 Å². The zero-order chi connectivity index (χ0) is 15.0. The standard InChI is InChI=1S/C15H25N3O2S/c1-12-6-5-9-17(10-12)21(19,20)15-11-18(16-13(15)2)14-7-3-4-8-14/h11-12,14H,3-10H2,1-2H3. The van der Waals surface area contributed by atoms with Crippen molar-refractivity contribution in [3.63, 3.8) is 0 Å². The van der Waals surface area contributed by atoms with Crippen molar-refractivity contribution in [2.24, 2.45) is 5.92 Å². The Labute approximate surface area is 127 Å². The van der Waals surface area contributed by atoms with E-state index in [9.17, 15) is 8.42 Å². The van der Waals surface area contributed by atoms with E-state index in [1.165, 1.54) is 12.8 Å². The molecule has 1 aliphatic carbocycles. The highest BCUT2D eigenvalue weighted by Gasteiger charge is 2.32. The van der Waals surface area contributed by atoms with Gasteiger partial charge in [0.15, 0.2) is 0 Å². The minimum atomic E-state index is -3.38. The first-order valence-electron chi connectivity index (χ1n) is 8.04. The number of aryl methyl sites for hydroxylation is 1. The second-order valence-corrected chi connectivity index (χ2v) is 8.51. The molecule has 5 nitrogen and oxygen atoms in total. The fourth-order valence-corrected chi connectivity index (χ4v) is 5.33. The molecule has 6 heteroatoms. The third kappa shape index (κ3) is 2.88. The molecule has 0 aromatic carbocycles. The Morgan fingerprint density at radius 3 is 2.57 bits per heavy atom. The van der Waals surface area contributed by atoms with Crippen molar-refractivity contribution in [2.75, 3.05) is 13.1 Å². The first-order valence-corrected chi connectivity index (χ1v) is 9.48. The predicted molar refractivity (Wildman–Crippen MR) is 81.6 cm³/mol. The normalized spacial score (nSPS) is 25.5. The lowest BCUT2D eigenvalue weighted by molar-refractivity contribution is 0.281. The van der Waals surface area contributed by atoms with Crippen LogP contribution in [0.3, 0.4) is 0 Å². The minimum absolute atomic E-state index is 0.382. The lowest BCUT2D eigenvalue weighted by Gasteiger charge is -2.29. The van der Waals surface area contributed by atoms with Crippen LogP contribution in [0, 0.1) is 12.8 Å². The number of hydrogen-bond acceptors (Lipinski definition) is 3. The number of nitrogens with zero attached hydrogens (tertiary/aromatic N) is 3. The van der Waals surface area contributed by atoms with Crippen LogP contribution >= 0.6 is 0 Å². The number of sulfonamides is 1. The lowest BCUT2D eigenvalue weighted by Crippen LogP contribution is -2.39. The molecule has 2 aliphatic rings. The van der Waals surface area contributed by atoms with Gasteiger partial charge in [-0.15, -0.1) is 0 Å². The summed E-state index contributed by atoms with van der Waals surface area (Å²) in [4.78, 5) is 0.406. The molecule has 1 saturated heterocycles. The van der Waals surface area contributed by atoms with Crippen molar-refractivity contribution in [1.82, 2.24) is 14.1 Å². The van der Waals surface area contributed by atoms with Gasteiger partial charge in [-0.1, -0.05) is 19.8 Å². The first-order chi connectivity index (χ1) is 9.98. The van der Waals surface area contributed by atoms with Gasteiger partial charge in [-0.2, -0.15) is 9.40 Å². The summed E-state index contributed by atoms with van der Waals surface area (Å²) in [5.41, 5.74) is 0.639. The maximum Gasteiger partial charge on any atom is 0.246 e. The molecule has 1 aliphatic heterocycles. The van der Waals surface area contributed by atoms with Gasteiger partial charge >= 0.3 is 0 Å². The van der Waals surface area contributed by atoms with Gasteiger partial charge in [-0.25, -0.2) is 8.42 Å². The van der Waals surface area contributed by atoms with Crippen LogP contribution in [-0.2, 0) is 10.0 Å². The quantitative estimate of drug-likeness (QED) is 0.862. The molecule has 21 heavy (non-hydrogen) atoms. The summed E-state index contributed by atoms with van der Waals surface area (Å²) in [6.07, 6.45) is 8.50. The van der Waals surface area contributed by atoms with Crippen LogP contribution in [0.2, 0.25) is 0 Å². The van der Waals surface area contributed by atoms with Gasteiger partial charge < -0.3 is 0 Å². The van der Waals surface area contributed by atoms with E-state index in [1.54, 1.807) is 10.5 Å². The Morgan fingerprint density at radius 1 is 1.19 bits per heavy atom. The molecule has 118 valence electrons. The van der Waals surface area contributed by atoms with Crippen LogP contribution in [-0.4, -0.2) is 35.6 Å². The number of aromatic nitrogens is 2. The number of hydrogen-bond donors (Lipinski definition) is 0. The third-order valence-corrected chi connectivity index (χ3v) is 6.78. The van der Waals surface area contributed by atoms with Crippen LogP contribution in [0.15, 0.2) is 11.1 Å². The molecule has 1 unspecified atom stereocenters. The van der Waals surface area contributed by atoms with Gasteiger partial charge in [0, 0.05) is 19.3 Å². The summed E-state index contributed by atoms with van der Waals surface area (Å²) in [5, 5.41) is 4.48. The first kappa shape index (κ1) is 15.0. The molecule has 0 bridgehead atoms. The molecule has 0 radical (unpaired) electrons. The summed E-state index contributed by atoms with van der Waals surface area (Å²) in [5.74, 6) is 0.443. The molecule has 0 spiro atoms. The van der Waals surface area contributed by atoms with E-state index in [0.29, 0.717) is 35.6 Å². The average Bonchev–Trinajstić information content (AvgIpc) is 3.07. The Bertz CT molecular complexity index is 602. The topological polar surface area (TPSA) is 55.2 Å². The highest BCUT2D eigenvalue weighted by molar-refractivity contribution is 7.89. The van der Waals surface area contributed by atoms with Gasteiger partial charge in [-0.05, 0) is 38.5 Å². The molecule has 1 aromatic rings. The zero-order valence-corrected chi connectivity index (χ0v) is 13.8. The molecule has 0 N–H and O–H groups in total. The fraction of sp³-hybridized carbons (Fsp3) is 0.800. The highest BCUT2D eigenvalue weighted by Crippen LogP contribution is 2.31. The predicted octanol–water partition coefficient (Wildman–Crippen LogP) is 2.73. The Kier molecular flexibility index (Phi) is 4.10. The van der Waals surface area contributed by atoms with Crippen molar-refractivity contribution >= 4 is 10.0 Å². The Morgan fingerprint density at radius 2 is 1.90 bits per heavy atom. The van der Waals surface area contributed by atoms with Crippen LogP contribution in [0.5, 0.6) is 0 Å².